The highest BCUT2D eigenvalue weighted by molar-refractivity contribution is 4.77. The molecule has 1 unspecified atom stereocenters. The standard InChI is InChI=1S/C9H21NO/c1-7(2)9(4,11)6-5-8(3)10/h7-8,11H,5-6,10H2,1-4H3/t8-,9?/m0/s1. The molecule has 0 aliphatic heterocycles. The number of aliphatic hydroxyl groups is 1. The summed E-state index contributed by atoms with van der Waals surface area (Å²) in [6, 6.07) is 0.195. The summed E-state index contributed by atoms with van der Waals surface area (Å²) in [7, 11) is 0. The van der Waals surface area contributed by atoms with Crippen LogP contribution in [0.25, 0.3) is 0 Å². The molecule has 0 heterocycles. The smallest absolute Gasteiger partial charge is 0.0643 e. The minimum atomic E-state index is -0.548. The van der Waals surface area contributed by atoms with E-state index in [9.17, 15) is 5.11 Å². The quantitative estimate of drug-likeness (QED) is 0.653. The Bertz CT molecular complexity index is 108. The number of hydrogen-bond donors (Lipinski definition) is 2. The van der Waals surface area contributed by atoms with E-state index in [-0.39, 0.29) is 6.04 Å². The van der Waals surface area contributed by atoms with Crippen molar-refractivity contribution in [2.24, 2.45) is 11.7 Å². The summed E-state index contributed by atoms with van der Waals surface area (Å²) in [4.78, 5) is 0. The van der Waals surface area contributed by atoms with Crippen molar-refractivity contribution in [1.29, 1.82) is 0 Å². The first kappa shape index (κ1) is 10.9. The van der Waals surface area contributed by atoms with Gasteiger partial charge in [0, 0.05) is 6.04 Å². The molecule has 0 saturated heterocycles. The molecule has 0 aliphatic carbocycles. The second-order valence-corrected chi connectivity index (χ2v) is 4.03. The molecule has 2 atom stereocenters. The topological polar surface area (TPSA) is 46.2 Å². The van der Waals surface area contributed by atoms with Crippen LogP contribution < -0.4 is 5.73 Å². The third-order valence-electron chi connectivity index (χ3n) is 2.35. The second-order valence-electron chi connectivity index (χ2n) is 4.03. The molecule has 0 bridgehead atoms. The van der Waals surface area contributed by atoms with Crippen molar-refractivity contribution in [3.63, 3.8) is 0 Å². The summed E-state index contributed by atoms with van der Waals surface area (Å²) in [5.41, 5.74) is 5.04. The molecular formula is C9H21NO. The monoisotopic (exact) mass is 159 g/mol. The first-order valence-electron chi connectivity index (χ1n) is 4.34. The zero-order valence-electron chi connectivity index (χ0n) is 8.09. The minimum absolute atomic E-state index is 0.195. The van der Waals surface area contributed by atoms with E-state index in [0.29, 0.717) is 5.92 Å². The van der Waals surface area contributed by atoms with E-state index in [2.05, 4.69) is 0 Å². The van der Waals surface area contributed by atoms with E-state index in [1.807, 2.05) is 27.7 Å². The lowest BCUT2D eigenvalue weighted by atomic mass is 9.87. The lowest BCUT2D eigenvalue weighted by molar-refractivity contribution is 0.00248. The lowest BCUT2D eigenvalue weighted by Gasteiger charge is -2.28. The minimum Gasteiger partial charge on any atom is -0.390 e. The Morgan fingerprint density at radius 3 is 2.09 bits per heavy atom. The summed E-state index contributed by atoms with van der Waals surface area (Å²) >= 11 is 0. The van der Waals surface area contributed by atoms with Crippen LogP contribution in [0, 0.1) is 5.92 Å². The van der Waals surface area contributed by atoms with Crippen LogP contribution in [0.1, 0.15) is 40.5 Å². The van der Waals surface area contributed by atoms with Gasteiger partial charge in [-0.25, -0.2) is 0 Å². The van der Waals surface area contributed by atoms with Gasteiger partial charge in [0.2, 0.25) is 0 Å². The molecule has 0 amide bonds. The normalized spacial score (nSPS) is 19.9. The van der Waals surface area contributed by atoms with Gasteiger partial charge in [0.25, 0.3) is 0 Å². The lowest BCUT2D eigenvalue weighted by Crippen LogP contribution is -2.33. The van der Waals surface area contributed by atoms with Gasteiger partial charge in [-0.3, -0.25) is 0 Å². The molecule has 0 rings (SSSR count). The van der Waals surface area contributed by atoms with Gasteiger partial charge in [-0.05, 0) is 32.6 Å². The predicted octanol–water partition coefficient (Wildman–Crippen LogP) is 1.52. The third-order valence-corrected chi connectivity index (χ3v) is 2.35. The maximum Gasteiger partial charge on any atom is 0.0643 e. The zero-order chi connectivity index (χ0) is 9.07. The van der Waals surface area contributed by atoms with E-state index in [0.717, 1.165) is 12.8 Å². The predicted molar refractivity (Wildman–Crippen MR) is 48.3 cm³/mol. The van der Waals surface area contributed by atoms with Gasteiger partial charge in [0.15, 0.2) is 0 Å². The van der Waals surface area contributed by atoms with Gasteiger partial charge in [-0.1, -0.05) is 13.8 Å². The first-order valence-corrected chi connectivity index (χ1v) is 4.34. The van der Waals surface area contributed by atoms with Crippen molar-refractivity contribution in [2.75, 3.05) is 0 Å². The summed E-state index contributed by atoms with van der Waals surface area (Å²) in [5.74, 6) is 0.307. The highest BCUT2D eigenvalue weighted by atomic mass is 16.3. The van der Waals surface area contributed by atoms with Gasteiger partial charge < -0.3 is 10.8 Å². The maximum absolute atomic E-state index is 9.79. The Kier molecular flexibility index (Phi) is 4.04. The Morgan fingerprint density at radius 1 is 1.36 bits per heavy atom. The molecule has 0 saturated carbocycles. The summed E-state index contributed by atoms with van der Waals surface area (Å²) in [6.07, 6.45) is 1.69. The Hall–Kier alpha value is -0.0800. The van der Waals surface area contributed by atoms with Crippen molar-refractivity contribution < 1.29 is 5.11 Å². The fraction of sp³-hybridized carbons (Fsp3) is 1.00. The average molecular weight is 159 g/mol. The van der Waals surface area contributed by atoms with E-state index in [4.69, 9.17) is 5.73 Å². The van der Waals surface area contributed by atoms with Crippen molar-refractivity contribution in [3.05, 3.63) is 0 Å². The second kappa shape index (κ2) is 4.07. The molecule has 2 heteroatoms. The van der Waals surface area contributed by atoms with Crippen LogP contribution in [-0.4, -0.2) is 16.7 Å². The zero-order valence-corrected chi connectivity index (χ0v) is 8.09. The van der Waals surface area contributed by atoms with Crippen molar-refractivity contribution in [1.82, 2.24) is 0 Å². The van der Waals surface area contributed by atoms with Crippen LogP contribution in [-0.2, 0) is 0 Å². The molecule has 0 radical (unpaired) electrons. The van der Waals surface area contributed by atoms with Crippen molar-refractivity contribution in [2.45, 2.75) is 52.2 Å². The molecule has 3 N–H and O–H groups in total. The van der Waals surface area contributed by atoms with Crippen molar-refractivity contribution in [3.8, 4) is 0 Å². The largest absolute Gasteiger partial charge is 0.390 e. The molecule has 2 nitrogen and oxygen atoms in total. The molecule has 0 aromatic carbocycles. The number of hydrogen-bond acceptors (Lipinski definition) is 2. The number of rotatable bonds is 4. The van der Waals surface area contributed by atoms with Gasteiger partial charge in [0.1, 0.15) is 0 Å². The van der Waals surface area contributed by atoms with Gasteiger partial charge in [0.05, 0.1) is 5.60 Å². The van der Waals surface area contributed by atoms with Crippen LogP contribution in [0.4, 0.5) is 0 Å². The molecule has 0 aromatic heterocycles. The van der Waals surface area contributed by atoms with E-state index >= 15 is 0 Å². The summed E-state index contributed by atoms with van der Waals surface area (Å²) in [5, 5.41) is 9.79. The Balaban J connectivity index is 3.73. The fourth-order valence-electron chi connectivity index (χ4n) is 0.809. The average Bonchev–Trinajstić information content (AvgIpc) is 1.84. The Morgan fingerprint density at radius 2 is 1.82 bits per heavy atom. The number of nitrogens with two attached hydrogens (primary N) is 1. The molecular weight excluding hydrogens is 138 g/mol. The highest BCUT2D eigenvalue weighted by Gasteiger charge is 2.24. The highest BCUT2D eigenvalue weighted by Crippen LogP contribution is 2.22. The molecule has 0 spiro atoms. The molecule has 11 heavy (non-hydrogen) atoms. The van der Waals surface area contributed by atoms with Crippen molar-refractivity contribution >= 4 is 0 Å². The van der Waals surface area contributed by atoms with Crippen LogP contribution in [0.15, 0.2) is 0 Å². The van der Waals surface area contributed by atoms with Crippen LogP contribution in [0.2, 0.25) is 0 Å². The van der Waals surface area contributed by atoms with Crippen LogP contribution in [0.5, 0.6) is 0 Å². The SMILES string of the molecule is CC(C)C(C)(O)CC[C@H](C)N. The third kappa shape index (κ3) is 4.38. The van der Waals surface area contributed by atoms with Crippen LogP contribution >= 0.6 is 0 Å². The maximum atomic E-state index is 9.79. The van der Waals surface area contributed by atoms with Gasteiger partial charge >= 0.3 is 0 Å². The van der Waals surface area contributed by atoms with E-state index in [1.54, 1.807) is 0 Å². The summed E-state index contributed by atoms with van der Waals surface area (Å²) < 4.78 is 0. The van der Waals surface area contributed by atoms with E-state index in [1.165, 1.54) is 0 Å². The van der Waals surface area contributed by atoms with Gasteiger partial charge in [-0.15, -0.1) is 0 Å². The Labute approximate surface area is 69.8 Å². The van der Waals surface area contributed by atoms with Crippen LogP contribution in [0.3, 0.4) is 0 Å². The molecule has 0 fully saturated rings. The fourth-order valence-corrected chi connectivity index (χ4v) is 0.809. The molecule has 68 valence electrons. The molecule has 0 aliphatic rings. The van der Waals surface area contributed by atoms with Gasteiger partial charge in [-0.2, -0.15) is 0 Å². The summed E-state index contributed by atoms with van der Waals surface area (Å²) in [6.45, 7) is 7.90. The first-order chi connectivity index (χ1) is 4.86. The molecule has 0 aromatic rings. The van der Waals surface area contributed by atoms with E-state index < -0.39 is 5.60 Å².